The van der Waals surface area contributed by atoms with E-state index in [2.05, 4.69) is 10.1 Å². The molecule has 8 nitrogen and oxygen atoms in total. The van der Waals surface area contributed by atoms with Crippen LogP contribution in [0.25, 0.3) is 0 Å². The molecule has 0 rings (SSSR count). The van der Waals surface area contributed by atoms with Crippen molar-refractivity contribution in [2.75, 3.05) is 20.8 Å². The number of carbonyl (C=O) groups excluding carboxylic acids is 3. The van der Waals surface area contributed by atoms with Gasteiger partial charge >= 0.3 is 18.0 Å². The van der Waals surface area contributed by atoms with Gasteiger partial charge in [0.05, 0.1) is 20.1 Å². The minimum absolute atomic E-state index is 0.0542. The Bertz CT molecular complexity index is 405. The van der Waals surface area contributed by atoms with E-state index in [1.165, 1.54) is 14.2 Å². The highest BCUT2D eigenvalue weighted by atomic mass is 16.6. The Morgan fingerprint density at radius 1 is 1.09 bits per heavy atom. The monoisotopic (exact) mass is 332 g/mol. The van der Waals surface area contributed by atoms with E-state index in [1.807, 2.05) is 0 Å². The number of methoxy groups -OCH3 is 2. The highest BCUT2D eigenvalue weighted by Crippen LogP contribution is 2.17. The fourth-order valence-corrected chi connectivity index (χ4v) is 1.95. The van der Waals surface area contributed by atoms with Gasteiger partial charge < -0.3 is 25.3 Å². The maximum Gasteiger partial charge on any atom is 0.408 e. The van der Waals surface area contributed by atoms with E-state index in [0.717, 1.165) is 0 Å². The summed E-state index contributed by atoms with van der Waals surface area (Å²) in [5.41, 5.74) is 4.75. The number of nitrogens with one attached hydrogen (secondary N) is 1. The van der Waals surface area contributed by atoms with Gasteiger partial charge in [-0.2, -0.15) is 0 Å². The molecule has 23 heavy (non-hydrogen) atoms. The van der Waals surface area contributed by atoms with E-state index in [4.69, 9.17) is 15.2 Å². The minimum Gasteiger partial charge on any atom is -0.469 e. The molecule has 0 saturated heterocycles. The number of ether oxygens (including phenoxy) is 3. The van der Waals surface area contributed by atoms with Crippen molar-refractivity contribution in [2.45, 2.75) is 51.7 Å². The first-order valence-electron chi connectivity index (χ1n) is 7.49. The van der Waals surface area contributed by atoms with Gasteiger partial charge in [0.1, 0.15) is 11.6 Å². The van der Waals surface area contributed by atoms with Crippen LogP contribution in [-0.2, 0) is 23.8 Å². The molecular weight excluding hydrogens is 304 g/mol. The predicted octanol–water partition coefficient (Wildman–Crippen LogP) is 0.971. The van der Waals surface area contributed by atoms with Gasteiger partial charge in [-0.25, -0.2) is 9.59 Å². The van der Waals surface area contributed by atoms with Gasteiger partial charge in [-0.1, -0.05) is 0 Å². The van der Waals surface area contributed by atoms with Crippen molar-refractivity contribution < 1.29 is 28.6 Å². The first-order valence-corrected chi connectivity index (χ1v) is 7.49. The Hall–Kier alpha value is -1.83. The number of alkyl carbamates (subject to hydrolysis) is 1. The molecule has 0 fully saturated rings. The van der Waals surface area contributed by atoms with Crippen LogP contribution in [-0.4, -0.2) is 50.4 Å². The lowest BCUT2D eigenvalue weighted by Gasteiger charge is -2.24. The molecule has 0 aliphatic rings. The molecule has 134 valence electrons. The third-order valence-corrected chi connectivity index (χ3v) is 2.99. The molecule has 0 radical (unpaired) electrons. The molecule has 0 saturated carbocycles. The van der Waals surface area contributed by atoms with Crippen LogP contribution in [0.5, 0.6) is 0 Å². The number of hydrogen-bond acceptors (Lipinski definition) is 7. The van der Waals surface area contributed by atoms with Gasteiger partial charge in [-0.15, -0.1) is 0 Å². The van der Waals surface area contributed by atoms with E-state index < -0.39 is 35.6 Å². The Morgan fingerprint density at radius 3 is 2.09 bits per heavy atom. The van der Waals surface area contributed by atoms with Crippen molar-refractivity contribution in [1.29, 1.82) is 0 Å². The minimum atomic E-state index is -1.00. The second-order valence-electron chi connectivity index (χ2n) is 6.11. The fourth-order valence-electron chi connectivity index (χ4n) is 1.95. The van der Waals surface area contributed by atoms with Crippen LogP contribution in [0.4, 0.5) is 4.79 Å². The van der Waals surface area contributed by atoms with Crippen LogP contribution in [0.1, 0.15) is 40.0 Å². The Balaban J connectivity index is 4.96. The maximum atomic E-state index is 11.9. The summed E-state index contributed by atoms with van der Waals surface area (Å²) >= 11 is 0. The molecule has 0 spiro atoms. The lowest BCUT2D eigenvalue weighted by Crippen LogP contribution is -2.45. The van der Waals surface area contributed by atoms with Crippen LogP contribution in [0, 0.1) is 5.92 Å². The molecule has 2 atom stereocenters. The van der Waals surface area contributed by atoms with Crippen LogP contribution >= 0.6 is 0 Å². The molecule has 0 unspecified atom stereocenters. The standard InChI is InChI=1S/C15H28N2O6/c1-15(2,3)23-14(20)17-11(13(19)22-5)9-10(7-6-8-16)12(18)21-4/h10-11H,6-9,16H2,1-5H3,(H,17,20)/t10-,11-/m0/s1. The quantitative estimate of drug-likeness (QED) is 0.502. The SMILES string of the molecule is COC(=O)[C@@H](CCCN)C[C@H](NC(=O)OC(C)(C)C)C(=O)OC. The highest BCUT2D eigenvalue weighted by Gasteiger charge is 2.31. The third kappa shape index (κ3) is 9.02. The summed E-state index contributed by atoms with van der Waals surface area (Å²) in [5.74, 6) is -1.68. The number of rotatable bonds is 8. The molecule has 0 heterocycles. The summed E-state index contributed by atoms with van der Waals surface area (Å²) in [6.45, 7) is 5.53. The summed E-state index contributed by atoms with van der Waals surface area (Å²) in [7, 11) is 2.48. The average molecular weight is 332 g/mol. The summed E-state index contributed by atoms with van der Waals surface area (Å²) in [5, 5.41) is 2.44. The molecule has 0 aromatic carbocycles. The maximum absolute atomic E-state index is 11.9. The van der Waals surface area contributed by atoms with E-state index in [1.54, 1.807) is 20.8 Å². The van der Waals surface area contributed by atoms with Crippen LogP contribution in [0.15, 0.2) is 0 Å². The van der Waals surface area contributed by atoms with Crippen molar-refractivity contribution >= 4 is 18.0 Å². The van der Waals surface area contributed by atoms with Gasteiger partial charge in [0.25, 0.3) is 0 Å². The van der Waals surface area contributed by atoms with Crippen molar-refractivity contribution in [1.82, 2.24) is 5.32 Å². The summed E-state index contributed by atoms with van der Waals surface area (Å²) in [6, 6.07) is -1.00. The largest absolute Gasteiger partial charge is 0.469 e. The Labute approximate surface area is 137 Å². The van der Waals surface area contributed by atoms with Crippen molar-refractivity contribution in [3.8, 4) is 0 Å². The van der Waals surface area contributed by atoms with Crippen LogP contribution in [0.3, 0.4) is 0 Å². The van der Waals surface area contributed by atoms with E-state index >= 15 is 0 Å². The molecule has 1 amide bonds. The zero-order chi connectivity index (χ0) is 18.0. The highest BCUT2D eigenvalue weighted by molar-refractivity contribution is 5.82. The summed E-state index contributed by atoms with van der Waals surface area (Å²) in [4.78, 5) is 35.5. The number of nitrogens with two attached hydrogens (primary N) is 1. The number of carbonyl (C=O) groups is 3. The smallest absolute Gasteiger partial charge is 0.408 e. The number of amides is 1. The van der Waals surface area contributed by atoms with Gasteiger partial charge in [0.2, 0.25) is 0 Å². The van der Waals surface area contributed by atoms with Crippen LogP contribution < -0.4 is 11.1 Å². The first-order chi connectivity index (χ1) is 10.6. The zero-order valence-electron chi connectivity index (χ0n) is 14.5. The lowest BCUT2D eigenvalue weighted by atomic mass is 9.95. The lowest BCUT2D eigenvalue weighted by molar-refractivity contribution is -0.148. The molecular formula is C15H28N2O6. The van der Waals surface area contributed by atoms with Gasteiger partial charge in [0.15, 0.2) is 0 Å². The molecule has 0 aliphatic heterocycles. The van der Waals surface area contributed by atoms with Crippen LogP contribution in [0.2, 0.25) is 0 Å². The molecule has 0 aromatic heterocycles. The predicted molar refractivity (Wildman–Crippen MR) is 83.6 cm³/mol. The van der Waals surface area contributed by atoms with E-state index in [9.17, 15) is 14.4 Å². The first kappa shape index (κ1) is 21.2. The van der Waals surface area contributed by atoms with Gasteiger partial charge in [-0.05, 0) is 46.6 Å². The molecule has 0 aromatic rings. The zero-order valence-corrected chi connectivity index (χ0v) is 14.5. The van der Waals surface area contributed by atoms with Crippen molar-refractivity contribution in [3.63, 3.8) is 0 Å². The second kappa shape index (κ2) is 10.0. The van der Waals surface area contributed by atoms with Gasteiger partial charge in [-0.3, -0.25) is 4.79 Å². The molecule has 0 bridgehead atoms. The topological polar surface area (TPSA) is 117 Å². The molecule has 8 heteroatoms. The molecule has 0 aliphatic carbocycles. The second-order valence-corrected chi connectivity index (χ2v) is 6.11. The van der Waals surface area contributed by atoms with Gasteiger partial charge in [0, 0.05) is 0 Å². The van der Waals surface area contributed by atoms with Crippen molar-refractivity contribution in [3.05, 3.63) is 0 Å². The van der Waals surface area contributed by atoms with E-state index in [-0.39, 0.29) is 6.42 Å². The fraction of sp³-hybridized carbons (Fsp3) is 0.800. The summed E-state index contributed by atoms with van der Waals surface area (Å²) < 4.78 is 14.5. The summed E-state index contributed by atoms with van der Waals surface area (Å²) in [6.07, 6.45) is 0.348. The number of esters is 2. The Kier molecular flexibility index (Phi) is 9.24. The third-order valence-electron chi connectivity index (χ3n) is 2.99. The average Bonchev–Trinajstić information content (AvgIpc) is 2.46. The Morgan fingerprint density at radius 2 is 1.65 bits per heavy atom. The molecule has 3 N–H and O–H groups in total. The van der Waals surface area contributed by atoms with E-state index in [0.29, 0.717) is 19.4 Å². The van der Waals surface area contributed by atoms with Crippen molar-refractivity contribution in [2.24, 2.45) is 11.7 Å². The number of hydrogen-bond donors (Lipinski definition) is 2. The normalized spacial score (nSPS) is 13.7.